The molecule has 0 bridgehead atoms. The van der Waals surface area contributed by atoms with Gasteiger partial charge in [0.1, 0.15) is 5.75 Å². The van der Waals surface area contributed by atoms with Crippen LogP contribution in [0, 0.1) is 0 Å². The van der Waals surface area contributed by atoms with Crippen LogP contribution in [0.3, 0.4) is 0 Å². The number of amides is 1. The first-order valence-electron chi connectivity index (χ1n) is 6.42. The molecule has 0 heterocycles. The van der Waals surface area contributed by atoms with Gasteiger partial charge in [0, 0.05) is 10.6 Å². The lowest BCUT2D eigenvalue weighted by Gasteiger charge is -2.05. The van der Waals surface area contributed by atoms with Gasteiger partial charge in [-0.25, -0.2) is 5.43 Å². The van der Waals surface area contributed by atoms with Gasteiger partial charge in [0.05, 0.1) is 12.1 Å². The lowest BCUT2D eigenvalue weighted by atomic mass is 10.1. The number of phenolic OH excluding ortho intramolecular Hbond substituents is 1. The Morgan fingerprint density at radius 1 is 1.19 bits per heavy atom. The van der Waals surface area contributed by atoms with E-state index < -0.39 is 0 Å². The molecule has 2 aromatic carbocycles. The molecule has 4 nitrogen and oxygen atoms in total. The summed E-state index contributed by atoms with van der Waals surface area (Å²) in [7, 11) is 0. The van der Waals surface area contributed by atoms with Gasteiger partial charge < -0.3 is 5.11 Å². The second kappa shape index (κ2) is 6.90. The molecule has 0 aromatic heterocycles. The zero-order valence-corrected chi connectivity index (χ0v) is 12.3. The predicted octanol–water partition coefficient (Wildman–Crippen LogP) is 3.13. The van der Waals surface area contributed by atoms with Crippen LogP contribution in [0.15, 0.2) is 53.6 Å². The molecular weight excluding hydrogens is 288 g/mol. The highest BCUT2D eigenvalue weighted by Crippen LogP contribution is 2.16. The van der Waals surface area contributed by atoms with Crippen molar-refractivity contribution in [3.63, 3.8) is 0 Å². The predicted molar refractivity (Wildman–Crippen MR) is 83.6 cm³/mol. The summed E-state index contributed by atoms with van der Waals surface area (Å²) >= 11 is 5.79. The summed E-state index contributed by atoms with van der Waals surface area (Å²) in [5.74, 6) is -0.0993. The van der Waals surface area contributed by atoms with Gasteiger partial charge in [-0.2, -0.15) is 5.10 Å². The first-order valence-corrected chi connectivity index (χ1v) is 6.80. The summed E-state index contributed by atoms with van der Waals surface area (Å²) in [6, 6.07) is 13.9. The number of hydrogen-bond donors (Lipinski definition) is 2. The summed E-state index contributed by atoms with van der Waals surface area (Å²) in [5.41, 5.74) is 4.46. The van der Waals surface area contributed by atoms with Crippen molar-refractivity contribution in [3.05, 3.63) is 64.7 Å². The highest BCUT2D eigenvalue weighted by molar-refractivity contribution is 6.30. The number of carbonyl (C=O) groups is 1. The van der Waals surface area contributed by atoms with Crippen molar-refractivity contribution in [1.82, 2.24) is 5.43 Å². The fourth-order valence-electron chi connectivity index (χ4n) is 1.81. The van der Waals surface area contributed by atoms with Crippen molar-refractivity contribution in [2.75, 3.05) is 0 Å². The van der Waals surface area contributed by atoms with E-state index in [4.69, 9.17) is 11.6 Å². The summed E-state index contributed by atoms with van der Waals surface area (Å²) in [6.07, 6.45) is 0.217. The first-order chi connectivity index (χ1) is 10.1. The van der Waals surface area contributed by atoms with E-state index in [1.165, 1.54) is 0 Å². The van der Waals surface area contributed by atoms with Crippen LogP contribution in [0.2, 0.25) is 5.02 Å². The van der Waals surface area contributed by atoms with E-state index in [0.717, 1.165) is 5.56 Å². The molecule has 0 fully saturated rings. The number of rotatable bonds is 4. The van der Waals surface area contributed by atoms with E-state index in [1.807, 2.05) is 0 Å². The highest BCUT2D eigenvalue weighted by Gasteiger charge is 2.05. The first kappa shape index (κ1) is 15.1. The Balaban J connectivity index is 1.98. The van der Waals surface area contributed by atoms with Gasteiger partial charge in [-0.15, -0.1) is 0 Å². The van der Waals surface area contributed by atoms with Crippen LogP contribution < -0.4 is 5.43 Å². The Bertz CT molecular complexity index is 666. The topological polar surface area (TPSA) is 61.7 Å². The van der Waals surface area contributed by atoms with Crippen LogP contribution in [0.25, 0.3) is 0 Å². The fourth-order valence-corrected chi connectivity index (χ4v) is 1.94. The van der Waals surface area contributed by atoms with Gasteiger partial charge in [0.25, 0.3) is 0 Å². The average Bonchev–Trinajstić information content (AvgIpc) is 2.48. The molecule has 0 saturated heterocycles. The van der Waals surface area contributed by atoms with Gasteiger partial charge >= 0.3 is 0 Å². The minimum absolute atomic E-state index is 0.130. The van der Waals surface area contributed by atoms with Crippen molar-refractivity contribution in [2.24, 2.45) is 5.10 Å². The minimum Gasteiger partial charge on any atom is -0.507 e. The zero-order valence-electron chi connectivity index (χ0n) is 11.5. The Hall–Kier alpha value is -2.33. The molecule has 0 radical (unpaired) electrons. The van der Waals surface area contributed by atoms with E-state index in [1.54, 1.807) is 55.5 Å². The lowest BCUT2D eigenvalue weighted by molar-refractivity contribution is -0.120. The maximum Gasteiger partial charge on any atom is 0.244 e. The second-order valence-electron chi connectivity index (χ2n) is 4.55. The Labute approximate surface area is 128 Å². The van der Waals surface area contributed by atoms with E-state index in [0.29, 0.717) is 16.3 Å². The lowest BCUT2D eigenvalue weighted by Crippen LogP contribution is -2.21. The van der Waals surface area contributed by atoms with Crippen molar-refractivity contribution >= 4 is 23.2 Å². The SMILES string of the molecule is C/C(=N/NC(=O)Cc1ccc(Cl)cc1)c1ccccc1O. The molecule has 2 aromatic rings. The van der Waals surface area contributed by atoms with Crippen LogP contribution in [-0.4, -0.2) is 16.7 Å². The second-order valence-corrected chi connectivity index (χ2v) is 4.99. The molecule has 0 aliphatic heterocycles. The molecular formula is C16H15ClN2O2. The van der Waals surface area contributed by atoms with Crippen molar-refractivity contribution in [1.29, 1.82) is 0 Å². The van der Waals surface area contributed by atoms with E-state index in [2.05, 4.69) is 10.5 Å². The van der Waals surface area contributed by atoms with E-state index >= 15 is 0 Å². The molecule has 2 rings (SSSR count). The van der Waals surface area contributed by atoms with Crippen molar-refractivity contribution < 1.29 is 9.90 Å². The molecule has 0 saturated carbocycles. The molecule has 1 amide bonds. The number of benzene rings is 2. The Kier molecular flexibility index (Phi) is 4.95. The molecule has 0 atom stereocenters. The average molecular weight is 303 g/mol. The van der Waals surface area contributed by atoms with Crippen LogP contribution in [-0.2, 0) is 11.2 Å². The number of aromatic hydroxyl groups is 1. The fraction of sp³-hybridized carbons (Fsp3) is 0.125. The Morgan fingerprint density at radius 3 is 2.52 bits per heavy atom. The molecule has 0 aliphatic carbocycles. The molecule has 0 spiro atoms. The third-order valence-electron chi connectivity index (χ3n) is 2.92. The molecule has 5 heteroatoms. The number of nitrogens with zero attached hydrogens (tertiary/aromatic N) is 1. The minimum atomic E-state index is -0.230. The molecule has 0 aliphatic rings. The van der Waals surface area contributed by atoms with Crippen molar-refractivity contribution in [3.8, 4) is 5.75 Å². The number of para-hydroxylation sites is 1. The monoisotopic (exact) mass is 302 g/mol. The van der Waals surface area contributed by atoms with Crippen molar-refractivity contribution in [2.45, 2.75) is 13.3 Å². The summed E-state index contributed by atoms with van der Waals surface area (Å²) in [4.78, 5) is 11.8. The van der Waals surface area contributed by atoms with Crippen LogP contribution in [0.5, 0.6) is 5.75 Å². The maximum absolute atomic E-state index is 11.8. The molecule has 0 unspecified atom stereocenters. The standard InChI is InChI=1S/C16H15ClN2O2/c1-11(14-4-2-3-5-15(14)20)18-19-16(21)10-12-6-8-13(17)9-7-12/h2-9,20H,10H2,1H3,(H,19,21)/b18-11-. The highest BCUT2D eigenvalue weighted by atomic mass is 35.5. The number of carbonyl (C=O) groups excluding carboxylic acids is 1. The van der Waals surface area contributed by atoms with Gasteiger partial charge in [0.15, 0.2) is 0 Å². The molecule has 108 valence electrons. The molecule has 2 N–H and O–H groups in total. The largest absolute Gasteiger partial charge is 0.507 e. The van der Waals surface area contributed by atoms with E-state index in [-0.39, 0.29) is 18.1 Å². The van der Waals surface area contributed by atoms with Crippen LogP contribution in [0.4, 0.5) is 0 Å². The summed E-state index contributed by atoms with van der Waals surface area (Å²) < 4.78 is 0. The third kappa shape index (κ3) is 4.33. The third-order valence-corrected chi connectivity index (χ3v) is 3.17. The normalized spacial score (nSPS) is 11.2. The van der Waals surface area contributed by atoms with Gasteiger partial charge in [-0.05, 0) is 36.8 Å². The summed E-state index contributed by atoms with van der Waals surface area (Å²) in [5, 5.41) is 14.3. The zero-order chi connectivity index (χ0) is 15.2. The van der Waals surface area contributed by atoms with Gasteiger partial charge in [-0.1, -0.05) is 35.9 Å². The van der Waals surface area contributed by atoms with Gasteiger partial charge in [-0.3, -0.25) is 4.79 Å². The van der Waals surface area contributed by atoms with E-state index in [9.17, 15) is 9.90 Å². The van der Waals surface area contributed by atoms with Gasteiger partial charge in [0.2, 0.25) is 5.91 Å². The maximum atomic E-state index is 11.8. The number of phenols is 1. The number of hydrazone groups is 1. The summed E-state index contributed by atoms with van der Waals surface area (Å²) in [6.45, 7) is 1.72. The number of nitrogens with one attached hydrogen (secondary N) is 1. The number of halogens is 1. The van der Waals surface area contributed by atoms with Crippen LogP contribution >= 0.6 is 11.6 Å². The molecule has 21 heavy (non-hydrogen) atoms. The smallest absolute Gasteiger partial charge is 0.244 e. The van der Waals surface area contributed by atoms with Crippen LogP contribution in [0.1, 0.15) is 18.1 Å². The Morgan fingerprint density at radius 2 is 1.86 bits per heavy atom. The quantitative estimate of drug-likeness (QED) is 0.673. The number of hydrogen-bond acceptors (Lipinski definition) is 3.